The molecule has 9 heteroatoms. The number of nitrogens with two attached hydrogens (primary N) is 1. The molecule has 1 heterocycles. The van der Waals surface area contributed by atoms with E-state index >= 15 is 0 Å². The highest BCUT2D eigenvalue weighted by Crippen LogP contribution is 2.28. The highest BCUT2D eigenvalue weighted by Gasteiger charge is 2.22. The molecule has 0 atom stereocenters. The van der Waals surface area contributed by atoms with E-state index < -0.39 is 20.7 Å². The van der Waals surface area contributed by atoms with Gasteiger partial charge in [0.1, 0.15) is 10.0 Å². The quantitative estimate of drug-likeness (QED) is 0.618. The van der Waals surface area contributed by atoms with Gasteiger partial charge in [0.15, 0.2) is 5.82 Å². The molecule has 0 fully saturated rings. The summed E-state index contributed by atoms with van der Waals surface area (Å²) in [5, 5.41) is 0.230. The second-order valence-corrected chi connectivity index (χ2v) is 7.08. The van der Waals surface area contributed by atoms with E-state index in [1.807, 2.05) is 0 Å². The number of aromatic nitrogens is 1. The monoisotopic (exact) mass is 393 g/mol. The molecule has 0 aliphatic carbocycles. The van der Waals surface area contributed by atoms with Gasteiger partial charge in [0.05, 0.1) is 15.9 Å². The number of halogens is 3. The molecular formula is C12H10BrClFN3O2S. The summed E-state index contributed by atoms with van der Waals surface area (Å²) in [6.07, 6.45) is 0. The minimum Gasteiger partial charge on any atom is -0.399 e. The zero-order valence-electron chi connectivity index (χ0n) is 10.7. The SMILES string of the molecule is Cc1nc(Cl)ccc1NS(=O)(=O)c1cc(N)cc(Br)c1F. The topological polar surface area (TPSA) is 85.1 Å². The van der Waals surface area contributed by atoms with Gasteiger partial charge in [-0.25, -0.2) is 17.8 Å². The molecule has 1 aromatic heterocycles. The van der Waals surface area contributed by atoms with E-state index in [-0.39, 0.29) is 21.0 Å². The molecule has 0 radical (unpaired) electrons. The summed E-state index contributed by atoms with van der Waals surface area (Å²) in [6, 6.07) is 5.20. The number of anilines is 2. The zero-order valence-corrected chi connectivity index (χ0v) is 13.9. The first-order chi connectivity index (χ1) is 9.70. The molecule has 21 heavy (non-hydrogen) atoms. The van der Waals surface area contributed by atoms with Crippen molar-refractivity contribution in [3.05, 3.63) is 45.4 Å². The predicted molar refractivity (Wildman–Crippen MR) is 83.3 cm³/mol. The number of nitrogens with zero attached hydrogens (tertiary/aromatic N) is 1. The van der Waals surface area contributed by atoms with Gasteiger partial charge in [0, 0.05) is 5.69 Å². The van der Waals surface area contributed by atoms with Crippen LogP contribution in [0.2, 0.25) is 5.15 Å². The van der Waals surface area contributed by atoms with Crippen LogP contribution in [0.4, 0.5) is 15.8 Å². The van der Waals surface area contributed by atoms with Gasteiger partial charge in [-0.15, -0.1) is 0 Å². The van der Waals surface area contributed by atoms with Gasteiger partial charge < -0.3 is 5.73 Å². The lowest BCUT2D eigenvalue weighted by Crippen LogP contribution is -2.16. The number of hydrogen-bond acceptors (Lipinski definition) is 4. The lowest BCUT2D eigenvalue weighted by atomic mass is 10.3. The van der Waals surface area contributed by atoms with Gasteiger partial charge in [0.2, 0.25) is 0 Å². The largest absolute Gasteiger partial charge is 0.399 e. The van der Waals surface area contributed by atoms with Crippen molar-refractivity contribution >= 4 is 48.9 Å². The summed E-state index contributed by atoms with van der Waals surface area (Å²) in [5.74, 6) is -0.920. The van der Waals surface area contributed by atoms with E-state index in [1.165, 1.54) is 18.2 Å². The van der Waals surface area contributed by atoms with Crippen LogP contribution in [0.15, 0.2) is 33.6 Å². The molecule has 0 saturated heterocycles. The predicted octanol–water partition coefficient (Wildman–Crippen LogP) is 3.33. The van der Waals surface area contributed by atoms with Crippen molar-refractivity contribution in [1.82, 2.24) is 4.98 Å². The summed E-state index contributed by atoms with van der Waals surface area (Å²) in [4.78, 5) is 3.37. The Bertz CT molecular complexity index is 814. The fourth-order valence-electron chi connectivity index (χ4n) is 1.62. The van der Waals surface area contributed by atoms with Crippen molar-refractivity contribution in [2.24, 2.45) is 0 Å². The van der Waals surface area contributed by atoms with Gasteiger partial charge in [-0.05, 0) is 47.1 Å². The van der Waals surface area contributed by atoms with Gasteiger partial charge >= 0.3 is 0 Å². The van der Waals surface area contributed by atoms with Crippen LogP contribution in [-0.2, 0) is 10.0 Å². The highest BCUT2D eigenvalue weighted by molar-refractivity contribution is 9.10. The molecule has 0 amide bonds. The molecule has 1 aromatic carbocycles. The van der Waals surface area contributed by atoms with Crippen molar-refractivity contribution in [1.29, 1.82) is 0 Å². The number of nitrogen functional groups attached to an aromatic ring is 1. The van der Waals surface area contributed by atoms with Crippen LogP contribution in [0.1, 0.15) is 5.69 Å². The Hall–Kier alpha value is -1.38. The minimum absolute atomic E-state index is 0.0335. The molecule has 0 spiro atoms. The van der Waals surface area contributed by atoms with E-state index in [1.54, 1.807) is 6.92 Å². The molecule has 0 aliphatic rings. The Morgan fingerprint density at radius 2 is 2.05 bits per heavy atom. The van der Waals surface area contributed by atoms with Crippen LogP contribution in [0, 0.1) is 12.7 Å². The number of pyridine rings is 1. The van der Waals surface area contributed by atoms with E-state index in [0.717, 1.165) is 6.07 Å². The van der Waals surface area contributed by atoms with Gasteiger partial charge in [-0.1, -0.05) is 11.6 Å². The number of rotatable bonds is 3. The van der Waals surface area contributed by atoms with E-state index in [4.69, 9.17) is 17.3 Å². The van der Waals surface area contributed by atoms with Crippen molar-refractivity contribution in [3.63, 3.8) is 0 Å². The van der Waals surface area contributed by atoms with E-state index in [0.29, 0.717) is 5.69 Å². The first-order valence-electron chi connectivity index (χ1n) is 5.61. The van der Waals surface area contributed by atoms with Gasteiger partial charge in [-0.3, -0.25) is 4.72 Å². The Morgan fingerprint density at radius 1 is 1.38 bits per heavy atom. The molecule has 2 aromatic rings. The maximum absolute atomic E-state index is 14.0. The average Bonchev–Trinajstić information content (AvgIpc) is 2.37. The summed E-state index contributed by atoms with van der Waals surface area (Å²) in [7, 11) is -4.14. The molecule has 5 nitrogen and oxygen atoms in total. The van der Waals surface area contributed by atoms with Crippen molar-refractivity contribution in [2.75, 3.05) is 10.5 Å². The Balaban J connectivity index is 2.48. The molecule has 0 aliphatic heterocycles. The summed E-state index contributed by atoms with van der Waals surface area (Å²) < 4.78 is 40.8. The molecule has 2 rings (SSSR count). The van der Waals surface area contributed by atoms with Gasteiger partial charge in [-0.2, -0.15) is 0 Å². The maximum Gasteiger partial charge on any atom is 0.264 e. The lowest BCUT2D eigenvalue weighted by Gasteiger charge is -2.12. The minimum atomic E-state index is -4.14. The highest BCUT2D eigenvalue weighted by atomic mass is 79.9. The number of sulfonamides is 1. The second-order valence-electron chi connectivity index (χ2n) is 4.19. The number of aryl methyl sites for hydroxylation is 1. The second kappa shape index (κ2) is 5.78. The van der Waals surface area contributed by atoms with Crippen LogP contribution in [-0.4, -0.2) is 13.4 Å². The van der Waals surface area contributed by atoms with Crippen LogP contribution in [0.5, 0.6) is 0 Å². The summed E-state index contributed by atoms with van der Waals surface area (Å²) in [6.45, 7) is 1.58. The molecule has 0 bridgehead atoms. The van der Waals surface area contributed by atoms with Crippen molar-refractivity contribution in [3.8, 4) is 0 Å². The molecule has 112 valence electrons. The number of nitrogens with one attached hydrogen (secondary N) is 1. The third-order valence-corrected chi connectivity index (χ3v) is 4.76. The van der Waals surface area contributed by atoms with Crippen LogP contribution >= 0.6 is 27.5 Å². The van der Waals surface area contributed by atoms with Crippen molar-refractivity contribution < 1.29 is 12.8 Å². The number of benzene rings is 1. The first-order valence-corrected chi connectivity index (χ1v) is 8.26. The molecular weight excluding hydrogens is 385 g/mol. The van der Waals surface area contributed by atoms with Crippen LogP contribution < -0.4 is 10.5 Å². The Labute approximate surface area is 134 Å². The fourth-order valence-corrected chi connectivity index (χ4v) is 3.67. The average molecular weight is 395 g/mol. The molecule has 0 unspecified atom stereocenters. The van der Waals surface area contributed by atoms with Crippen LogP contribution in [0.25, 0.3) is 0 Å². The molecule has 3 N–H and O–H groups in total. The summed E-state index contributed by atoms with van der Waals surface area (Å²) >= 11 is 8.62. The normalized spacial score (nSPS) is 11.4. The Morgan fingerprint density at radius 3 is 2.67 bits per heavy atom. The number of hydrogen-bond donors (Lipinski definition) is 2. The van der Waals surface area contributed by atoms with Crippen LogP contribution in [0.3, 0.4) is 0 Å². The maximum atomic E-state index is 14.0. The fraction of sp³-hybridized carbons (Fsp3) is 0.0833. The van der Waals surface area contributed by atoms with Gasteiger partial charge in [0.25, 0.3) is 10.0 Å². The van der Waals surface area contributed by atoms with E-state index in [2.05, 4.69) is 25.6 Å². The lowest BCUT2D eigenvalue weighted by molar-refractivity contribution is 0.567. The molecule has 0 saturated carbocycles. The first kappa shape index (κ1) is 16.0. The zero-order chi connectivity index (χ0) is 15.8. The Kier molecular flexibility index (Phi) is 4.40. The third kappa shape index (κ3) is 3.45. The standard InChI is InChI=1S/C12H10BrClFN3O2S/c1-6-9(2-3-11(14)17-6)18-21(19,20)10-5-7(16)4-8(13)12(10)15/h2-5,18H,16H2,1H3. The third-order valence-electron chi connectivity index (χ3n) is 2.60. The van der Waals surface area contributed by atoms with Crippen molar-refractivity contribution in [2.45, 2.75) is 11.8 Å². The smallest absolute Gasteiger partial charge is 0.264 e. The van der Waals surface area contributed by atoms with E-state index in [9.17, 15) is 12.8 Å². The summed E-state index contributed by atoms with van der Waals surface area (Å²) in [5.41, 5.74) is 6.25.